The number of allylic oxidation sites excluding steroid dienone is 2. The molecule has 2 rings (SSSR count). The second-order valence-corrected chi connectivity index (χ2v) is 7.73. The summed E-state index contributed by atoms with van der Waals surface area (Å²) in [7, 11) is 0. The van der Waals surface area contributed by atoms with Gasteiger partial charge >= 0.3 is 0 Å². The molecule has 33 heavy (non-hydrogen) atoms. The van der Waals surface area contributed by atoms with Gasteiger partial charge in [-0.25, -0.2) is 0 Å². The van der Waals surface area contributed by atoms with Gasteiger partial charge in [0.15, 0.2) is 17.3 Å². The number of rotatable bonds is 16. The molecule has 176 valence electrons. The monoisotopic (exact) mass is 448 g/mol. The lowest BCUT2D eigenvalue weighted by Gasteiger charge is -2.17. The van der Waals surface area contributed by atoms with Gasteiger partial charge in [0.25, 0.3) is 0 Å². The summed E-state index contributed by atoms with van der Waals surface area (Å²) >= 11 is 0. The average Bonchev–Trinajstić information content (AvgIpc) is 2.83. The normalized spacial score (nSPS) is 10.7. The highest BCUT2D eigenvalue weighted by atomic mass is 16.5. The molecule has 0 N–H and O–H groups in total. The van der Waals surface area contributed by atoms with E-state index in [0.29, 0.717) is 37.6 Å². The average molecular weight is 449 g/mol. The Bertz CT molecular complexity index is 925. The summed E-state index contributed by atoms with van der Waals surface area (Å²) in [4.78, 5) is 12.7. The number of ketones is 1. The van der Waals surface area contributed by atoms with E-state index in [-0.39, 0.29) is 5.78 Å². The fraction of sp³-hybridized carbons (Fsp3) is 0.345. The summed E-state index contributed by atoms with van der Waals surface area (Å²) in [6.45, 7) is 13.5. The molecule has 2 aromatic rings. The fourth-order valence-electron chi connectivity index (χ4n) is 3.14. The summed E-state index contributed by atoms with van der Waals surface area (Å²) in [6, 6.07) is 11.1. The van der Waals surface area contributed by atoms with Gasteiger partial charge in [-0.3, -0.25) is 4.79 Å². The first-order chi connectivity index (χ1) is 16.1. The van der Waals surface area contributed by atoms with Crippen LogP contribution in [0.2, 0.25) is 0 Å². The molecule has 0 aliphatic carbocycles. The summed E-state index contributed by atoms with van der Waals surface area (Å²) in [5.74, 6) is 2.12. The molecule has 0 fully saturated rings. The molecule has 0 spiro atoms. The second-order valence-electron chi connectivity index (χ2n) is 7.73. The third kappa shape index (κ3) is 8.64. The van der Waals surface area contributed by atoms with Gasteiger partial charge in [-0.2, -0.15) is 0 Å². The van der Waals surface area contributed by atoms with E-state index in [1.54, 1.807) is 36.4 Å². The second kappa shape index (κ2) is 14.7. The number of unbranched alkanes of at least 4 members (excludes halogenated alkanes) is 2. The van der Waals surface area contributed by atoms with Crippen LogP contribution in [0.4, 0.5) is 0 Å². The molecule has 0 aromatic heterocycles. The molecule has 0 radical (unpaired) electrons. The Balaban J connectivity index is 2.25. The molecule has 2 aromatic carbocycles. The summed E-state index contributed by atoms with van der Waals surface area (Å²) < 4.78 is 17.6. The van der Waals surface area contributed by atoms with Crippen molar-refractivity contribution in [3.05, 3.63) is 84.5 Å². The predicted molar refractivity (Wildman–Crippen MR) is 137 cm³/mol. The molecule has 0 saturated heterocycles. The van der Waals surface area contributed by atoms with Crippen LogP contribution in [0.1, 0.15) is 61.0 Å². The summed E-state index contributed by atoms with van der Waals surface area (Å²) in [5, 5.41) is 0. The van der Waals surface area contributed by atoms with Gasteiger partial charge in [0, 0.05) is 11.1 Å². The molecule has 4 nitrogen and oxygen atoms in total. The Kier molecular flexibility index (Phi) is 11.6. The van der Waals surface area contributed by atoms with Gasteiger partial charge in [0.1, 0.15) is 12.4 Å². The number of hydrogen-bond acceptors (Lipinski definition) is 4. The Morgan fingerprint density at radius 3 is 2.24 bits per heavy atom. The highest BCUT2D eigenvalue weighted by Gasteiger charge is 2.13. The van der Waals surface area contributed by atoms with Crippen LogP contribution in [-0.2, 0) is 6.42 Å². The van der Waals surface area contributed by atoms with E-state index in [1.165, 1.54) is 0 Å². The molecule has 0 atom stereocenters. The molecule has 0 aliphatic heterocycles. The molecular formula is C29H36O4. The maximum Gasteiger partial charge on any atom is 0.185 e. The number of hydrogen-bond donors (Lipinski definition) is 0. The first kappa shape index (κ1) is 26.0. The minimum absolute atomic E-state index is 0.0766. The van der Waals surface area contributed by atoms with E-state index in [0.717, 1.165) is 48.3 Å². The predicted octanol–water partition coefficient (Wildman–Crippen LogP) is 7.23. The first-order valence-electron chi connectivity index (χ1n) is 11.7. The minimum Gasteiger partial charge on any atom is -0.490 e. The molecular weight excluding hydrogens is 412 g/mol. The van der Waals surface area contributed by atoms with Crippen molar-refractivity contribution in [2.45, 2.75) is 46.0 Å². The molecule has 0 bridgehead atoms. The van der Waals surface area contributed by atoms with E-state index < -0.39 is 0 Å². The number of carbonyl (C=O) groups is 1. The van der Waals surface area contributed by atoms with Crippen molar-refractivity contribution in [2.24, 2.45) is 0 Å². The maximum atomic E-state index is 12.7. The lowest BCUT2D eigenvalue weighted by Crippen LogP contribution is -2.05. The maximum absolute atomic E-state index is 12.7. The molecule has 0 saturated carbocycles. The summed E-state index contributed by atoms with van der Waals surface area (Å²) in [5.41, 5.74) is 2.49. The Morgan fingerprint density at radius 2 is 1.61 bits per heavy atom. The number of carbonyl (C=O) groups excluding carboxylic acids is 1. The van der Waals surface area contributed by atoms with E-state index in [4.69, 9.17) is 14.2 Å². The van der Waals surface area contributed by atoms with Crippen LogP contribution in [0.3, 0.4) is 0 Å². The van der Waals surface area contributed by atoms with Gasteiger partial charge in [-0.1, -0.05) is 51.5 Å². The van der Waals surface area contributed by atoms with Gasteiger partial charge in [-0.15, -0.1) is 6.58 Å². The molecule has 4 heteroatoms. The van der Waals surface area contributed by atoms with Crippen molar-refractivity contribution in [3.8, 4) is 17.2 Å². The van der Waals surface area contributed by atoms with Crippen molar-refractivity contribution in [1.29, 1.82) is 0 Å². The van der Waals surface area contributed by atoms with Gasteiger partial charge in [-0.05, 0) is 67.3 Å². The highest BCUT2D eigenvalue weighted by Crippen LogP contribution is 2.35. The number of benzene rings is 2. The zero-order valence-electron chi connectivity index (χ0n) is 20.0. The number of ether oxygens (including phenoxy) is 3. The van der Waals surface area contributed by atoms with Crippen molar-refractivity contribution < 1.29 is 19.0 Å². The van der Waals surface area contributed by atoms with E-state index >= 15 is 0 Å². The van der Waals surface area contributed by atoms with Crippen LogP contribution in [0.15, 0.2) is 67.8 Å². The summed E-state index contributed by atoms with van der Waals surface area (Å²) in [6.07, 6.45) is 11.7. The Labute approximate surface area is 198 Å². The smallest absolute Gasteiger partial charge is 0.185 e. The van der Waals surface area contributed by atoms with Gasteiger partial charge in [0.05, 0.1) is 13.2 Å². The van der Waals surface area contributed by atoms with Crippen LogP contribution in [0.25, 0.3) is 6.08 Å². The Hall–Kier alpha value is -3.27. The third-order valence-electron chi connectivity index (χ3n) is 4.95. The largest absolute Gasteiger partial charge is 0.490 e. The van der Waals surface area contributed by atoms with E-state index in [9.17, 15) is 4.79 Å². The lowest BCUT2D eigenvalue weighted by molar-refractivity contribution is 0.104. The minimum atomic E-state index is -0.0766. The topological polar surface area (TPSA) is 44.8 Å². The van der Waals surface area contributed by atoms with E-state index in [1.807, 2.05) is 24.3 Å². The van der Waals surface area contributed by atoms with Crippen molar-refractivity contribution in [2.75, 3.05) is 19.8 Å². The van der Waals surface area contributed by atoms with Crippen LogP contribution in [0, 0.1) is 0 Å². The van der Waals surface area contributed by atoms with Crippen LogP contribution < -0.4 is 14.2 Å². The van der Waals surface area contributed by atoms with Crippen LogP contribution >= 0.6 is 0 Å². The van der Waals surface area contributed by atoms with Crippen molar-refractivity contribution in [1.82, 2.24) is 0 Å². The quantitative estimate of drug-likeness (QED) is 0.118. The SMILES string of the molecule is C=CCOc1ccc(C(=O)/C=C/c2cc(CC=C)c(OCCCC)c(OCCCC)c2)cc1. The van der Waals surface area contributed by atoms with Crippen molar-refractivity contribution in [3.63, 3.8) is 0 Å². The van der Waals surface area contributed by atoms with Gasteiger partial charge in [0.2, 0.25) is 0 Å². The zero-order chi connectivity index (χ0) is 23.9. The van der Waals surface area contributed by atoms with E-state index in [2.05, 4.69) is 27.0 Å². The standard InChI is InChI=1S/C29H36O4/c1-5-9-19-32-28-22-23(21-25(11-7-3)29(28)33-20-10-6-2)12-17-27(30)24-13-15-26(16-14-24)31-18-8-4/h7-8,12-17,21-22H,3-6,9-11,18-20H2,1-2H3/b17-12+. The lowest BCUT2D eigenvalue weighted by atomic mass is 10.0. The van der Waals surface area contributed by atoms with Crippen LogP contribution in [0.5, 0.6) is 17.2 Å². The molecule has 0 unspecified atom stereocenters. The third-order valence-corrected chi connectivity index (χ3v) is 4.95. The molecule has 0 heterocycles. The van der Waals surface area contributed by atoms with Gasteiger partial charge < -0.3 is 14.2 Å². The highest BCUT2D eigenvalue weighted by molar-refractivity contribution is 6.06. The van der Waals surface area contributed by atoms with Crippen molar-refractivity contribution >= 4 is 11.9 Å². The molecule has 0 amide bonds. The fourth-order valence-corrected chi connectivity index (χ4v) is 3.14. The first-order valence-corrected chi connectivity index (χ1v) is 11.7. The Morgan fingerprint density at radius 1 is 0.909 bits per heavy atom. The molecule has 0 aliphatic rings. The van der Waals surface area contributed by atoms with Crippen LogP contribution in [-0.4, -0.2) is 25.6 Å². The zero-order valence-corrected chi connectivity index (χ0v) is 20.0.